The van der Waals surface area contributed by atoms with Crippen molar-refractivity contribution >= 4 is 0 Å². The van der Waals surface area contributed by atoms with E-state index in [1.165, 1.54) is 11.1 Å². The van der Waals surface area contributed by atoms with E-state index in [-0.39, 0.29) is 0 Å². The van der Waals surface area contributed by atoms with Crippen LogP contribution in [-0.2, 0) is 6.61 Å². The lowest BCUT2D eigenvalue weighted by atomic mass is 9.97. The van der Waals surface area contributed by atoms with E-state index in [0.29, 0.717) is 12.6 Å². The lowest BCUT2D eigenvalue weighted by Crippen LogP contribution is -2.45. The lowest BCUT2D eigenvalue weighted by Gasteiger charge is -2.35. The second kappa shape index (κ2) is 9.58. The van der Waals surface area contributed by atoms with Crippen LogP contribution in [0.4, 0.5) is 0 Å². The van der Waals surface area contributed by atoms with E-state index in [2.05, 4.69) is 48.0 Å². The first-order valence-corrected chi connectivity index (χ1v) is 9.61. The molecule has 0 aromatic heterocycles. The summed E-state index contributed by atoms with van der Waals surface area (Å²) >= 11 is 0. The molecule has 0 aliphatic carbocycles. The van der Waals surface area contributed by atoms with Gasteiger partial charge in [0.25, 0.3) is 0 Å². The molecule has 4 nitrogen and oxygen atoms in total. The van der Waals surface area contributed by atoms with Gasteiger partial charge in [-0.25, -0.2) is 0 Å². The molecule has 2 aromatic carbocycles. The summed E-state index contributed by atoms with van der Waals surface area (Å²) in [6.07, 6.45) is 0.949. The summed E-state index contributed by atoms with van der Waals surface area (Å²) < 4.78 is 11.6. The molecule has 0 bridgehead atoms. The molecule has 0 amide bonds. The van der Waals surface area contributed by atoms with E-state index in [0.717, 1.165) is 49.7 Å². The highest BCUT2D eigenvalue weighted by molar-refractivity contribution is 5.44. The Kier molecular flexibility index (Phi) is 6.91. The van der Waals surface area contributed by atoms with E-state index < -0.39 is 0 Å². The largest absolute Gasteiger partial charge is 0.493 e. The number of nitrogens with zero attached hydrogens (tertiary/aromatic N) is 1. The quantitative estimate of drug-likeness (QED) is 0.711. The fourth-order valence-corrected chi connectivity index (χ4v) is 3.53. The minimum Gasteiger partial charge on any atom is -0.493 e. The summed E-state index contributed by atoms with van der Waals surface area (Å²) in [5.41, 5.74) is 3.59. The summed E-state index contributed by atoms with van der Waals surface area (Å²) in [5.74, 6) is 1.56. The van der Waals surface area contributed by atoms with Gasteiger partial charge in [-0.15, -0.1) is 6.58 Å². The molecular weight excluding hydrogens is 336 g/mol. The second-order valence-corrected chi connectivity index (χ2v) is 7.15. The average Bonchev–Trinajstić information content (AvgIpc) is 2.71. The minimum atomic E-state index is 0.314. The molecule has 0 saturated carbocycles. The van der Waals surface area contributed by atoms with Crippen molar-refractivity contribution < 1.29 is 9.47 Å². The molecule has 1 aliphatic heterocycles. The van der Waals surface area contributed by atoms with Gasteiger partial charge in [0.1, 0.15) is 6.61 Å². The van der Waals surface area contributed by atoms with Gasteiger partial charge in [-0.3, -0.25) is 4.90 Å². The van der Waals surface area contributed by atoms with Crippen LogP contribution in [0.15, 0.2) is 60.7 Å². The van der Waals surface area contributed by atoms with Crippen molar-refractivity contribution in [3.8, 4) is 11.5 Å². The minimum absolute atomic E-state index is 0.314. The average molecular weight is 367 g/mol. The predicted octanol–water partition coefficient (Wildman–Crippen LogP) is 4.19. The zero-order valence-electron chi connectivity index (χ0n) is 16.4. The van der Waals surface area contributed by atoms with Crippen LogP contribution in [0.25, 0.3) is 0 Å². The van der Waals surface area contributed by atoms with Crippen molar-refractivity contribution in [2.75, 3.05) is 33.3 Å². The van der Waals surface area contributed by atoms with Crippen LogP contribution in [0, 0.1) is 0 Å². The predicted molar refractivity (Wildman–Crippen MR) is 110 cm³/mol. The van der Waals surface area contributed by atoms with E-state index >= 15 is 0 Å². The topological polar surface area (TPSA) is 33.7 Å². The summed E-state index contributed by atoms with van der Waals surface area (Å²) in [7, 11) is 1.69. The van der Waals surface area contributed by atoms with Gasteiger partial charge < -0.3 is 14.8 Å². The number of piperazine rings is 1. The Bertz CT molecular complexity index is 739. The van der Waals surface area contributed by atoms with Crippen LogP contribution >= 0.6 is 0 Å². The molecule has 2 aromatic rings. The van der Waals surface area contributed by atoms with Crippen molar-refractivity contribution in [3.63, 3.8) is 0 Å². The van der Waals surface area contributed by atoms with Crippen LogP contribution in [-0.4, -0.2) is 38.2 Å². The first-order valence-electron chi connectivity index (χ1n) is 9.61. The first-order chi connectivity index (χ1) is 13.2. The molecule has 0 unspecified atom stereocenters. The standard InChI is InChI=1S/C23H30N2O2/c1-18(2)15-21(25-13-11-24-12-14-25)20-9-10-22(26-3)23(16-20)27-17-19-7-5-4-6-8-19/h4-10,16,21,24H,1,11-15,17H2,2-3H3/t21-/m1/s1. The maximum atomic E-state index is 6.12. The van der Waals surface area contributed by atoms with Gasteiger partial charge in [0.2, 0.25) is 0 Å². The molecular formula is C23H30N2O2. The van der Waals surface area contributed by atoms with Crippen LogP contribution in [0.2, 0.25) is 0 Å². The summed E-state index contributed by atoms with van der Waals surface area (Å²) in [5, 5.41) is 3.43. The van der Waals surface area contributed by atoms with Gasteiger partial charge >= 0.3 is 0 Å². The van der Waals surface area contributed by atoms with Gasteiger partial charge in [-0.1, -0.05) is 42.0 Å². The molecule has 1 fully saturated rings. The van der Waals surface area contributed by atoms with Gasteiger partial charge in [-0.2, -0.15) is 0 Å². The molecule has 1 atom stereocenters. The molecule has 4 heteroatoms. The molecule has 144 valence electrons. The molecule has 27 heavy (non-hydrogen) atoms. The van der Waals surface area contributed by atoms with Crippen LogP contribution in [0.5, 0.6) is 11.5 Å². The Labute approximate surface area is 162 Å². The maximum absolute atomic E-state index is 6.12. The van der Waals surface area contributed by atoms with E-state index in [4.69, 9.17) is 9.47 Å². The van der Waals surface area contributed by atoms with Crippen molar-refractivity contribution in [3.05, 3.63) is 71.8 Å². The van der Waals surface area contributed by atoms with Crippen molar-refractivity contribution in [2.45, 2.75) is 26.0 Å². The molecule has 1 saturated heterocycles. The third-order valence-electron chi connectivity index (χ3n) is 4.94. The number of methoxy groups -OCH3 is 1. The number of hydrogen-bond donors (Lipinski definition) is 1. The zero-order valence-corrected chi connectivity index (χ0v) is 16.4. The van der Waals surface area contributed by atoms with Crippen molar-refractivity contribution in [2.24, 2.45) is 0 Å². The lowest BCUT2D eigenvalue weighted by molar-refractivity contribution is 0.172. The van der Waals surface area contributed by atoms with E-state index in [1.807, 2.05) is 24.3 Å². The zero-order chi connectivity index (χ0) is 19.1. The normalized spacial score (nSPS) is 15.9. The highest BCUT2D eigenvalue weighted by Crippen LogP contribution is 2.35. The SMILES string of the molecule is C=C(C)C[C@H](c1ccc(OC)c(OCc2ccccc2)c1)N1CCNCC1. The van der Waals surface area contributed by atoms with E-state index in [9.17, 15) is 0 Å². The molecule has 1 N–H and O–H groups in total. The number of benzene rings is 2. The number of rotatable bonds is 8. The van der Waals surface area contributed by atoms with Crippen molar-refractivity contribution in [1.82, 2.24) is 10.2 Å². The van der Waals surface area contributed by atoms with Gasteiger partial charge in [0.05, 0.1) is 7.11 Å². The Morgan fingerprint density at radius 2 is 1.85 bits per heavy atom. The Balaban J connectivity index is 1.83. The third-order valence-corrected chi connectivity index (χ3v) is 4.94. The maximum Gasteiger partial charge on any atom is 0.161 e. The number of ether oxygens (including phenoxy) is 2. The van der Waals surface area contributed by atoms with Crippen molar-refractivity contribution in [1.29, 1.82) is 0 Å². The fourth-order valence-electron chi connectivity index (χ4n) is 3.53. The van der Waals surface area contributed by atoms with Crippen LogP contribution in [0.1, 0.15) is 30.5 Å². The van der Waals surface area contributed by atoms with Gasteiger partial charge in [0.15, 0.2) is 11.5 Å². The van der Waals surface area contributed by atoms with Gasteiger partial charge in [-0.05, 0) is 36.6 Å². The Morgan fingerprint density at radius 3 is 2.52 bits per heavy atom. The molecule has 0 spiro atoms. The Hall–Kier alpha value is -2.30. The molecule has 1 heterocycles. The van der Waals surface area contributed by atoms with Crippen LogP contribution < -0.4 is 14.8 Å². The number of hydrogen-bond acceptors (Lipinski definition) is 4. The number of nitrogens with one attached hydrogen (secondary N) is 1. The van der Waals surface area contributed by atoms with Gasteiger partial charge in [0, 0.05) is 32.2 Å². The Morgan fingerprint density at radius 1 is 1.11 bits per heavy atom. The highest BCUT2D eigenvalue weighted by Gasteiger charge is 2.23. The fraction of sp³-hybridized carbons (Fsp3) is 0.391. The van der Waals surface area contributed by atoms with Crippen LogP contribution in [0.3, 0.4) is 0 Å². The molecule has 0 radical (unpaired) electrons. The first kappa shape index (κ1) is 19.5. The third kappa shape index (κ3) is 5.34. The van der Waals surface area contributed by atoms with E-state index in [1.54, 1.807) is 7.11 Å². The molecule has 3 rings (SSSR count). The molecule has 1 aliphatic rings. The highest BCUT2D eigenvalue weighted by atomic mass is 16.5. The smallest absolute Gasteiger partial charge is 0.161 e. The summed E-state index contributed by atoms with van der Waals surface area (Å²) in [6.45, 7) is 10.9. The summed E-state index contributed by atoms with van der Waals surface area (Å²) in [4.78, 5) is 2.54. The monoisotopic (exact) mass is 366 g/mol. The summed E-state index contributed by atoms with van der Waals surface area (Å²) in [6, 6.07) is 16.8. The second-order valence-electron chi connectivity index (χ2n) is 7.15.